The first-order chi connectivity index (χ1) is 23.9. The van der Waals surface area contributed by atoms with E-state index in [0.717, 1.165) is 60.8 Å². The van der Waals surface area contributed by atoms with Gasteiger partial charge in [-0.3, -0.25) is 4.98 Å². The summed E-state index contributed by atoms with van der Waals surface area (Å²) in [6, 6.07) is 29.4. The molecule has 0 spiro atoms. The minimum Gasteiger partial charge on any atom is -0.497 e. The summed E-state index contributed by atoms with van der Waals surface area (Å²) in [5, 5.41) is 12.3. The number of hydrogen-bond donors (Lipinski definition) is 3. The highest BCUT2D eigenvalue weighted by molar-refractivity contribution is 7.87. The van der Waals surface area contributed by atoms with E-state index in [9.17, 15) is 16.8 Å². The molecule has 1 aliphatic heterocycles. The number of aromatic nitrogens is 2. The molecule has 0 bridgehead atoms. The van der Waals surface area contributed by atoms with Crippen LogP contribution >= 0.6 is 0 Å². The van der Waals surface area contributed by atoms with Gasteiger partial charge in [0.2, 0.25) is 0 Å². The Labute approximate surface area is 290 Å². The summed E-state index contributed by atoms with van der Waals surface area (Å²) in [4.78, 5) is 9.48. The SMILES string of the molecule is COc1ccc2c(-c3ccc4c(c3)CN(S(N)(=O)=O)C4)cc(COc3ccc4c(-c5ccc(CCNS(N)(=O)=O)cc5)ccnc4c3)nc2c1. The summed E-state index contributed by atoms with van der Waals surface area (Å²) in [5.41, 5.74) is 8.89. The molecule has 0 atom stereocenters. The van der Waals surface area contributed by atoms with Crippen molar-refractivity contribution in [3.05, 3.63) is 120 Å². The second-order valence-electron chi connectivity index (χ2n) is 12.1. The lowest BCUT2D eigenvalue weighted by molar-refractivity contribution is 0.302. The van der Waals surface area contributed by atoms with Gasteiger partial charge in [-0.2, -0.15) is 21.1 Å². The number of benzene rings is 4. The molecule has 0 aliphatic carbocycles. The van der Waals surface area contributed by atoms with Crippen LogP contribution in [0.4, 0.5) is 0 Å². The van der Waals surface area contributed by atoms with E-state index in [4.69, 9.17) is 24.7 Å². The van der Waals surface area contributed by atoms with Crippen LogP contribution in [0, 0.1) is 0 Å². The Morgan fingerprint density at radius 3 is 2.20 bits per heavy atom. The third kappa shape index (κ3) is 7.31. The predicted molar refractivity (Wildman–Crippen MR) is 192 cm³/mol. The molecule has 0 amide bonds. The van der Waals surface area contributed by atoms with E-state index in [1.807, 2.05) is 91.0 Å². The third-order valence-electron chi connectivity index (χ3n) is 8.72. The predicted octanol–water partition coefficient (Wildman–Crippen LogP) is 4.56. The van der Waals surface area contributed by atoms with Gasteiger partial charge in [0.1, 0.15) is 18.1 Å². The Balaban J connectivity index is 1.14. The Morgan fingerprint density at radius 2 is 1.46 bits per heavy atom. The standard InChI is InChI=1S/C36H34N6O6S2/c1-47-29-8-10-33-34(25-6-7-26-20-42(50(38,45)46)21-27(26)16-25)17-28(41-36(33)18-29)22-48-30-9-11-32-31(13-14-39-35(32)19-30)24-4-2-23(3-5-24)12-15-40-49(37,43)44/h2-11,13-14,16-19,40H,12,15,20-22H2,1H3,(H2,37,43,44)(H2,38,45,46). The largest absolute Gasteiger partial charge is 0.497 e. The van der Waals surface area contributed by atoms with Crippen molar-refractivity contribution in [2.24, 2.45) is 10.3 Å². The van der Waals surface area contributed by atoms with Crippen LogP contribution < -0.4 is 24.5 Å². The number of rotatable bonds is 11. The van der Waals surface area contributed by atoms with Crippen LogP contribution in [0.3, 0.4) is 0 Å². The molecule has 0 saturated carbocycles. The molecular formula is C36H34N6O6S2. The Kier molecular flexibility index (Phi) is 8.98. The number of methoxy groups -OCH3 is 1. The summed E-state index contributed by atoms with van der Waals surface area (Å²) in [5.74, 6) is 1.31. The van der Waals surface area contributed by atoms with Crippen molar-refractivity contribution in [1.82, 2.24) is 19.0 Å². The average Bonchev–Trinajstić information content (AvgIpc) is 3.54. The van der Waals surface area contributed by atoms with E-state index < -0.39 is 20.4 Å². The second kappa shape index (κ2) is 13.4. The molecule has 0 saturated heterocycles. The Hall–Kier alpha value is -4.96. The first kappa shape index (κ1) is 33.5. The van der Waals surface area contributed by atoms with Gasteiger partial charge in [0.05, 0.1) is 23.8 Å². The minimum absolute atomic E-state index is 0.192. The number of nitrogens with two attached hydrogens (primary N) is 2. The van der Waals surface area contributed by atoms with Gasteiger partial charge in [-0.05, 0) is 87.8 Å². The van der Waals surface area contributed by atoms with Crippen LogP contribution in [0.2, 0.25) is 0 Å². The molecule has 2 aromatic heterocycles. The average molecular weight is 711 g/mol. The van der Waals surface area contributed by atoms with E-state index in [1.54, 1.807) is 13.3 Å². The summed E-state index contributed by atoms with van der Waals surface area (Å²) in [6.07, 6.45) is 2.28. The van der Waals surface area contributed by atoms with Crippen molar-refractivity contribution >= 4 is 42.2 Å². The molecule has 14 heteroatoms. The number of nitrogens with one attached hydrogen (secondary N) is 1. The van der Waals surface area contributed by atoms with E-state index in [1.165, 1.54) is 4.31 Å². The number of hydrogen-bond acceptors (Lipinski definition) is 8. The van der Waals surface area contributed by atoms with Gasteiger partial charge in [-0.15, -0.1) is 0 Å². The van der Waals surface area contributed by atoms with Crippen molar-refractivity contribution in [1.29, 1.82) is 0 Å². The molecule has 3 heterocycles. The molecular weight excluding hydrogens is 677 g/mol. The molecule has 6 aromatic rings. The summed E-state index contributed by atoms with van der Waals surface area (Å²) in [6.45, 7) is 0.885. The minimum atomic E-state index is -3.80. The van der Waals surface area contributed by atoms with E-state index in [-0.39, 0.29) is 26.2 Å². The second-order valence-corrected chi connectivity index (χ2v) is 15.0. The Bertz CT molecular complexity index is 2470. The molecule has 0 radical (unpaired) electrons. The lowest BCUT2D eigenvalue weighted by Gasteiger charge is -2.14. The summed E-state index contributed by atoms with van der Waals surface area (Å²) < 4.78 is 61.6. The topological polar surface area (TPSA) is 180 Å². The highest BCUT2D eigenvalue weighted by Gasteiger charge is 2.27. The van der Waals surface area contributed by atoms with Crippen LogP contribution in [0.1, 0.15) is 22.4 Å². The van der Waals surface area contributed by atoms with Gasteiger partial charge in [0.15, 0.2) is 0 Å². The number of pyridine rings is 2. The Morgan fingerprint density at radius 1 is 0.760 bits per heavy atom. The maximum absolute atomic E-state index is 12.0. The van der Waals surface area contributed by atoms with E-state index >= 15 is 0 Å². The molecule has 5 N–H and O–H groups in total. The van der Waals surface area contributed by atoms with Crippen molar-refractivity contribution in [2.45, 2.75) is 26.1 Å². The van der Waals surface area contributed by atoms with Gasteiger partial charge in [0.25, 0.3) is 20.4 Å². The first-order valence-electron chi connectivity index (χ1n) is 15.7. The van der Waals surface area contributed by atoms with Crippen LogP contribution in [0.15, 0.2) is 97.2 Å². The van der Waals surface area contributed by atoms with Crippen LogP contribution in [-0.2, 0) is 46.5 Å². The van der Waals surface area contributed by atoms with Crippen molar-refractivity contribution in [2.75, 3.05) is 13.7 Å². The lowest BCUT2D eigenvalue weighted by Crippen LogP contribution is -2.32. The fourth-order valence-corrected chi connectivity index (χ4v) is 7.25. The zero-order valence-corrected chi connectivity index (χ0v) is 28.7. The van der Waals surface area contributed by atoms with Gasteiger partial charge >= 0.3 is 0 Å². The molecule has 0 fully saturated rings. The van der Waals surface area contributed by atoms with Crippen molar-refractivity contribution in [3.63, 3.8) is 0 Å². The molecule has 1 aliphatic rings. The summed E-state index contributed by atoms with van der Waals surface area (Å²) in [7, 11) is -5.91. The number of fused-ring (bicyclic) bond motifs is 3. The van der Waals surface area contributed by atoms with Gasteiger partial charge in [-0.25, -0.2) is 20.0 Å². The smallest absolute Gasteiger partial charge is 0.277 e. The normalized spacial score (nSPS) is 13.5. The van der Waals surface area contributed by atoms with Gasteiger partial charge in [-0.1, -0.05) is 36.4 Å². The van der Waals surface area contributed by atoms with E-state index in [0.29, 0.717) is 23.6 Å². The van der Waals surface area contributed by atoms with E-state index in [2.05, 4.69) is 9.71 Å². The fraction of sp³-hybridized carbons (Fsp3) is 0.167. The third-order valence-corrected chi connectivity index (χ3v) is 10.3. The van der Waals surface area contributed by atoms with Crippen molar-refractivity contribution < 1.29 is 26.3 Å². The quantitative estimate of drug-likeness (QED) is 0.175. The molecule has 7 rings (SSSR count). The molecule has 256 valence electrons. The van der Waals surface area contributed by atoms with Gasteiger partial charge in [0, 0.05) is 48.7 Å². The number of ether oxygens (including phenoxy) is 2. The first-order valence-corrected chi connectivity index (χ1v) is 18.7. The molecule has 0 unspecified atom stereocenters. The maximum Gasteiger partial charge on any atom is 0.277 e. The fourth-order valence-electron chi connectivity index (χ4n) is 6.23. The number of nitrogens with zero attached hydrogens (tertiary/aromatic N) is 3. The zero-order valence-electron chi connectivity index (χ0n) is 27.0. The highest BCUT2D eigenvalue weighted by Crippen LogP contribution is 2.35. The van der Waals surface area contributed by atoms with Crippen LogP contribution in [-0.4, -0.2) is 44.8 Å². The monoisotopic (exact) mass is 710 g/mol. The summed E-state index contributed by atoms with van der Waals surface area (Å²) >= 11 is 0. The van der Waals surface area contributed by atoms with Crippen LogP contribution in [0.25, 0.3) is 44.1 Å². The molecule has 50 heavy (non-hydrogen) atoms. The lowest BCUT2D eigenvalue weighted by atomic mass is 9.97. The van der Waals surface area contributed by atoms with Gasteiger partial charge < -0.3 is 9.47 Å². The molecule has 4 aromatic carbocycles. The molecule has 12 nitrogen and oxygen atoms in total. The van der Waals surface area contributed by atoms with Crippen LogP contribution in [0.5, 0.6) is 11.5 Å². The zero-order chi connectivity index (χ0) is 35.0. The van der Waals surface area contributed by atoms with Crippen molar-refractivity contribution in [3.8, 4) is 33.8 Å². The highest BCUT2D eigenvalue weighted by atomic mass is 32.2. The maximum atomic E-state index is 12.0.